The first-order valence-corrected chi connectivity index (χ1v) is 10.9. The van der Waals surface area contributed by atoms with Gasteiger partial charge in [-0.1, -0.05) is 44.2 Å². The number of amides is 2. The van der Waals surface area contributed by atoms with Crippen molar-refractivity contribution in [3.05, 3.63) is 65.7 Å². The van der Waals surface area contributed by atoms with Crippen LogP contribution in [0.5, 0.6) is 5.75 Å². The van der Waals surface area contributed by atoms with E-state index in [0.29, 0.717) is 17.9 Å². The molecule has 0 aromatic heterocycles. The highest BCUT2D eigenvalue weighted by molar-refractivity contribution is 6.15. The molecule has 3 aromatic carbocycles. The summed E-state index contributed by atoms with van der Waals surface area (Å²) < 4.78 is 5.75. The molecule has 0 spiro atoms. The smallest absolute Gasteiger partial charge is 0.260 e. The van der Waals surface area contributed by atoms with Gasteiger partial charge in [-0.3, -0.25) is 9.59 Å². The minimum Gasteiger partial charge on any atom is -0.493 e. The molecule has 0 unspecified atom stereocenters. The van der Waals surface area contributed by atoms with Crippen molar-refractivity contribution in [2.24, 2.45) is 5.92 Å². The summed E-state index contributed by atoms with van der Waals surface area (Å²) in [5.74, 6) is 0.458. The van der Waals surface area contributed by atoms with Crippen molar-refractivity contribution >= 4 is 34.0 Å². The Morgan fingerprint density at radius 1 is 1.10 bits per heavy atom. The van der Waals surface area contributed by atoms with E-state index in [1.54, 1.807) is 0 Å². The Bertz CT molecular complexity index is 1140. The minimum absolute atomic E-state index is 0.0475. The summed E-state index contributed by atoms with van der Waals surface area (Å²) in [7, 11) is 0. The van der Waals surface area contributed by atoms with Gasteiger partial charge in [-0.05, 0) is 60.4 Å². The maximum Gasteiger partial charge on any atom is 0.260 e. The molecule has 0 fully saturated rings. The molecule has 1 heterocycles. The Labute approximate surface area is 183 Å². The largest absolute Gasteiger partial charge is 0.493 e. The second-order valence-electron chi connectivity index (χ2n) is 8.14. The number of benzene rings is 3. The van der Waals surface area contributed by atoms with Crippen molar-refractivity contribution in [2.45, 2.75) is 33.6 Å². The number of hydrogen-bond donors (Lipinski definition) is 1. The van der Waals surface area contributed by atoms with Gasteiger partial charge in [-0.25, -0.2) is 0 Å². The molecular weight excluding hydrogens is 388 g/mol. The van der Waals surface area contributed by atoms with Crippen molar-refractivity contribution in [2.75, 3.05) is 23.4 Å². The van der Waals surface area contributed by atoms with Crippen molar-refractivity contribution in [3.8, 4) is 5.75 Å². The van der Waals surface area contributed by atoms with E-state index in [0.717, 1.165) is 47.1 Å². The summed E-state index contributed by atoms with van der Waals surface area (Å²) in [5.41, 5.74) is 3.29. The van der Waals surface area contributed by atoms with Crippen molar-refractivity contribution in [1.29, 1.82) is 0 Å². The van der Waals surface area contributed by atoms with E-state index in [2.05, 4.69) is 5.32 Å². The summed E-state index contributed by atoms with van der Waals surface area (Å²) in [6.07, 6.45) is 1.81. The molecule has 31 heavy (non-hydrogen) atoms. The molecule has 160 valence electrons. The molecule has 0 saturated heterocycles. The topological polar surface area (TPSA) is 58.6 Å². The zero-order valence-electron chi connectivity index (χ0n) is 18.3. The second-order valence-corrected chi connectivity index (χ2v) is 8.14. The Kier molecular flexibility index (Phi) is 5.94. The highest BCUT2D eigenvalue weighted by Crippen LogP contribution is 2.32. The van der Waals surface area contributed by atoms with Crippen LogP contribution in [0.4, 0.5) is 11.4 Å². The maximum atomic E-state index is 13.3. The van der Waals surface area contributed by atoms with Gasteiger partial charge in [0.25, 0.3) is 5.91 Å². The number of hydrogen-bond acceptors (Lipinski definition) is 3. The lowest BCUT2D eigenvalue weighted by atomic mass is 9.99. The third kappa shape index (κ3) is 4.13. The fourth-order valence-corrected chi connectivity index (χ4v) is 4.17. The van der Waals surface area contributed by atoms with E-state index in [1.807, 2.05) is 80.3 Å². The third-order valence-corrected chi connectivity index (χ3v) is 5.63. The van der Waals surface area contributed by atoms with Gasteiger partial charge in [0.1, 0.15) is 5.75 Å². The van der Waals surface area contributed by atoms with Gasteiger partial charge in [-0.15, -0.1) is 0 Å². The van der Waals surface area contributed by atoms with Crippen LogP contribution in [0, 0.1) is 5.92 Å². The highest BCUT2D eigenvalue weighted by atomic mass is 16.5. The van der Waals surface area contributed by atoms with E-state index in [1.165, 1.54) is 0 Å². The molecule has 0 bridgehead atoms. The van der Waals surface area contributed by atoms with Gasteiger partial charge < -0.3 is 15.0 Å². The fraction of sp³-hybridized carbons (Fsp3) is 0.308. The number of rotatable bonds is 5. The summed E-state index contributed by atoms with van der Waals surface area (Å²) in [6.45, 7) is 6.97. The average molecular weight is 417 g/mol. The van der Waals surface area contributed by atoms with Gasteiger partial charge in [0.2, 0.25) is 5.91 Å². The molecule has 0 saturated carbocycles. The van der Waals surface area contributed by atoms with E-state index in [-0.39, 0.29) is 17.7 Å². The first-order valence-electron chi connectivity index (χ1n) is 10.9. The molecule has 0 atom stereocenters. The lowest BCUT2D eigenvalue weighted by molar-refractivity contribution is -0.121. The number of carbonyl (C=O) groups is 2. The van der Waals surface area contributed by atoms with Gasteiger partial charge >= 0.3 is 0 Å². The first-order chi connectivity index (χ1) is 15.0. The fourth-order valence-electron chi connectivity index (χ4n) is 4.17. The normalized spacial score (nSPS) is 13.2. The lowest BCUT2D eigenvalue weighted by Crippen LogP contribution is -2.38. The van der Waals surface area contributed by atoms with Crippen LogP contribution in [0.1, 0.15) is 43.1 Å². The minimum atomic E-state index is -0.203. The number of carbonyl (C=O) groups excluding carboxylic acids is 2. The Balaban J connectivity index is 1.66. The molecular formula is C26H28N2O3. The molecule has 5 nitrogen and oxygen atoms in total. The maximum absolute atomic E-state index is 13.3. The Morgan fingerprint density at radius 2 is 1.90 bits per heavy atom. The average Bonchev–Trinajstić information content (AvgIpc) is 2.77. The summed E-state index contributed by atoms with van der Waals surface area (Å²) >= 11 is 0. The Hall–Kier alpha value is -3.34. The summed E-state index contributed by atoms with van der Waals surface area (Å²) in [6, 6.07) is 17.4. The zero-order valence-corrected chi connectivity index (χ0v) is 18.3. The molecule has 0 radical (unpaired) electrons. The van der Waals surface area contributed by atoms with Crippen molar-refractivity contribution in [1.82, 2.24) is 0 Å². The van der Waals surface area contributed by atoms with E-state index in [9.17, 15) is 9.59 Å². The quantitative estimate of drug-likeness (QED) is 0.604. The van der Waals surface area contributed by atoms with Gasteiger partial charge in [0.15, 0.2) is 0 Å². The van der Waals surface area contributed by atoms with E-state index >= 15 is 0 Å². The van der Waals surface area contributed by atoms with Crippen molar-refractivity contribution < 1.29 is 14.3 Å². The molecule has 3 aromatic rings. The van der Waals surface area contributed by atoms with Gasteiger partial charge in [0.05, 0.1) is 12.2 Å². The monoisotopic (exact) mass is 416 g/mol. The summed E-state index contributed by atoms with van der Waals surface area (Å²) in [5, 5.41) is 4.89. The number of fused-ring (bicyclic) bond motifs is 2. The Morgan fingerprint density at radius 3 is 2.68 bits per heavy atom. The van der Waals surface area contributed by atoms with E-state index in [4.69, 9.17) is 4.74 Å². The van der Waals surface area contributed by atoms with Crippen LogP contribution in [0.25, 0.3) is 10.8 Å². The molecule has 0 aliphatic carbocycles. The molecule has 4 rings (SSSR count). The van der Waals surface area contributed by atoms with Crippen LogP contribution in [0.15, 0.2) is 54.6 Å². The standard InChI is InChI=1S/C26H28N2O3/c1-4-31-23-14-11-18-8-5-6-10-21(18)24(23)25(29)27-20-12-13-22-19(16-20)9-7-15-28(22)26(30)17(2)3/h5-6,8,10-14,16-17H,4,7,9,15H2,1-3H3,(H,27,29). The number of aryl methyl sites for hydroxylation is 1. The lowest BCUT2D eigenvalue weighted by Gasteiger charge is -2.31. The van der Waals surface area contributed by atoms with Crippen LogP contribution in [0.2, 0.25) is 0 Å². The number of anilines is 2. The van der Waals surface area contributed by atoms with Crippen LogP contribution in [0.3, 0.4) is 0 Å². The SMILES string of the molecule is CCOc1ccc2ccccc2c1C(=O)Nc1ccc2c(c1)CCCN2C(=O)C(C)C. The van der Waals surface area contributed by atoms with Gasteiger partial charge in [-0.2, -0.15) is 0 Å². The molecule has 1 aliphatic heterocycles. The third-order valence-electron chi connectivity index (χ3n) is 5.63. The van der Waals surface area contributed by atoms with Crippen LogP contribution < -0.4 is 15.0 Å². The molecule has 5 heteroatoms. The molecule has 1 N–H and O–H groups in total. The second kappa shape index (κ2) is 8.80. The van der Waals surface area contributed by atoms with Crippen LogP contribution in [-0.2, 0) is 11.2 Å². The van der Waals surface area contributed by atoms with Crippen LogP contribution >= 0.6 is 0 Å². The molecule has 2 amide bonds. The van der Waals surface area contributed by atoms with Crippen LogP contribution in [-0.4, -0.2) is 25.0 Å². The van der Waals surface area contributed by atoms with E-state index < -0.39 is 0 Å². The molecule has 1 aliphatic rings. The summed E-state index contributed by atoms with van der Waals surface area (Å²) in [4.78, 5) is 27.7. The van der Waals surface area contributed by atoms with Gasteiger partial charge in [0, 0.05) is 23.8 Å². The first kappa shape index (κ1) is 20.9. The highest BCUT2D eigenvalue weighted by Gasteiger charge is 2.25. The predicted molar refractivity (Wildman–Crippen MR) is 125 cm³/mol. The number of ether oxygens (including phenoxy) is 1. The number of nitrogens with one attached hydrogen (secondary N) is 1. The predicted octanol–water partition coefficient (Wildman–Crippen LogP) is 5.43. The zero-order chi connectivity index (χ0) is 22.0. The van der Waals surface area contributed by atoms with Crippen molar-refractivity contribution in [3.63, 3.8) is 0 Å². The number of nitrogens with zero attached hydrogens (tertiary/aromatic N) is 1.